The van der Waals surface area contributed by atoms with Crippen LogP contribution in [0, 0.1) is 19.8 Å². The predicted octanol–water partition coefficient (Wildman–Crippen LogP) is 4.47. The second kappa shape index (κ2) is 5.99. The van der Waals surface area contributed by atoms with Crippen molar-refractivity contribution in [2.24, 2.45) is 5.92 Å². The molecule has 26 heavy (non-hydrogen) atoms. The Labute approximate surface area is 152 Å². The first-order valence-electron chi connectivity index (χ1n) is 8.96. The number of allylic oxidation sites excluding steroid dienone is 2. The molecule has 4 rings (SSSR count). The molecule has 1 aliphatic carbocycles. The van der Waals surface area contributed by atoms with Gasteiger partial charge in [-0.25, -0.2) is 4.79 Å². The van der Waals surface area contributed by atoms with Crippen LogP contribution in [0.5, 0.6) is 0 Å². The van der Waals surface area contributed by atoms with Gasteiger partial charge in [0.05, 0.1) is 26.2 Å². The molecular weight excluding hydrogens is 326 g/mol. The van der Waals surface area contributed by atoms with E-state index in [1.807, 2.05) is 19.9 Å². The Morgan fingerprint density at radius 1 is 1.08 bits per heavy atom. The first kappa shape index (κ1) is 16.9. The highest BCUT2D eigenvalue weighted by Crippen LogP contribution is 2.35. The zero-order valence-corrected chi connectivity index (χ0v) is 15.7. The summed E-state index contributed by atoms with van der Waals surface area (Å²) in [6.45, 7) is 5.92. The van der Waals surface area contributed by atoms with Crippen LogP contribution in [0.3, 0.4) is 0 Å². The van der Waals surface area contributed by atoms with E-state index < -0.39 is 0 Å². The summed E-state index contributed by atoms with van der Waals surface area (Å²) in [7, 11) is 4.49. The Morgan fingerprint density at radius 3 is 2.54 bits per heavy atom. The summed E-state index contributed by atoms with van der Waals surface area (Å²) < 4.78 is 12.4. The van der Waals surface area contributed by atoms with Crippen molar-refractivity contribution >= 4 is 21.9 Å². The molecule has 0 aliphatic heterocycles. The highest BCUT2D eigenvalue weighted by atomic mass is 16.4. The van der Waals surface area contributed by atoms with Gasteiger partial charge >= 0.3 is 5.63 Å². The van der Waals surface area contributed by atoms with Crippen molar-refractivity contribution in [2.75, 3.05) is 20.6 Å². The zero-order valence-electron chi connectivity index (χ0n) is 15.7. The van der Waals surface area contributed by atoms with Crippen LogP contribution < -0.4 is 5.63 Å². The van der Waals surface area contributed by atoms with Gasteiger partial charge < -0.3 is 13.3 Å². The van der Waals surface area contributed by atoms with Gasteiger partial charge in [-0.2, -0.15) is 0 Å². The van der Waals surface area contributed by atoms with Gasteiger partial charge in [0, 0.05) is 28.3 Å². The summed E-state index contributed by atoms with van der Waals surface area (Å²) in [5.41, 5.74) is 3.36. The molecule has 0 saturated carbocycles. The first-order valence-corrected chi connectivity index (χ1v) is 8.96. The van der Waals surface area contributed by atoms with Crippen molar-refractivity contribution in [3.05, 3.63) is 69.8 Å². The lowest BCUT2D eigenvalue weighted by molar-refractivity contribution is -0.905. The molecule has 2 aromatic heterocycles. The Balaban J connectivity index is 1.81. The molecule has 0 amide bonds. The summed E-state index contributed by atoms with van der Waals surface area (Å²) in [5, 5.41) is 1.97. The van der Waals surface area contributed by atoms with Gasteiger partial charge in [-0.3, -0.25) is 0 Å². The zero-order chi connectivity index (χ0) is 18.5. The molecule has 0 unspecified atom stereocenters. The number of fused-ring (bicyclic) bond motifs is 2. The second-order valence-corrected chi connectivity index (χ2v) is 7.89. The molecule has 0 bridgehead atoms. The number of rotatable bonds is 4. The minimum Gasteiger partial charge on any atom is -0.461 e. The lowest BCUT2D eigenvalue weighted by atomic mass is 10.0. The van der Waals surface area contributed by atoms with E-state index in [0.717, 1.165) is 45.3 Å². The lowest BCUT2D eigenvalue weighted by Gasteiger charge is -2.31. The van der Waals surface area contributed by atoms with Crippen molar-refractivity contribution in [2.45, 2.75) is 20.4 Å². The predicted molar refractivity (Wildman–Crippen MR) is 104 cm³/mol. The maximum Gasteiger partial charge on any atom is 0.336 e. The lowest BCUT2D eigenvalue weighted by Crippen LogP contribution is -2.42. The van der Waals surface area contributed by atoms with E-state index in [2.05, 4.69) is 38.4 Å². The molecule has 0 atom stereocenters. The maximum absolute atomic E-state index is 11.7. The normalized spacial score (nSPS) is 14.9. The quantitative estimate of drug-likeness (QED) is 0.515. The van der Waals surface area contributed by atoms with E-state index >= 15 is 0 Å². The van der Waals surface area contributed by atoms with Gasteiger partial charge in [-0.1, -0.05) is 24.3 Å². The van der Waals surface area contributed by atoms with E-state index in [9.17, 15) is 4.79 Å². The van der Waals surface area contributed by atoms with E-state index in [-0.39, 0.29) is 5.63 Å². The van der Waals surface area contributed by atoms with Crippen molar-refractivity contribution < 1.29 is 13.3 Å². The molecule has 0 spiro atoms. The van der Waals surface area contributed by atoms with Gasteiger partial charge in [0.1, 0.15) is 23.5 Å². The number of furan rings is 1. The molecule has 4 heteroatoms. The molecule has 0 radical (unpaired) electrons. The summed E-state index contributed by atoms with van der Waals surface area (Å²) in [6.07, 6.45) is 8.71. The van der Waals surface area contributed by atoms with Crippen LogP contribution in [-0.4, -0.2) is 25.1 Å². The molecular formula is C22H24NO3+. The van der Waals surface area contributed by atoms with Crippen molar-refractivity contribution in [1.29, 1.82) is 0 Å². The molecule has 134 valence electrons. The third-order valence-electron chi connectivity index (χ3n) is 5.22. The van der Waals surface area contributed by atoms with Crippen LogP contribution in [0.1, 0.15) is 16.9 Å². The van der Waals surface area contributed by atoms with Gasteiger partial charge in [-0.15, -0.1) is 0 Å². The average Bonchev–Trinajstić information content (AvgIpc) is 3.16. The Morgan fingerprint density at radius 2 is 1.81 bits per heavy atom. The van der Waals surface area contributed by atoms with Gasteiger partial charge in [0.25, 0.3) is 0 Å². The van der Waals surface area contributed by atoms with E-state index in [0.29, 0.717) is 11.5 Å². The summed E-state index contributed by atoms with van der Waals surface area (Å²) >= 11 is 0. The molecule has 0 fully saturated rings. The topological polar surface area (TPSA) is 43.4 Å². The molecule has 0 saturated heterocycles. The third-order valence-corrected chi connectivity index (χ3v) is 5.22. The summed E-state index contributed by atoms with van der Waals surface area (Å²) in [4.78, 5) is 11.7. The molecule has 4 nitrogen and oxygen atoms in total. The Bertz CT molecular complexity index is 1100. The SMILES string of the molecule is Cc1oc2cc3ccc(=O)oc3c(C)c2c1C[N+](C)(C)CC1C=CC=C1. The minimum atomic E-state index is -0.322. The number of hydrogen-bond acceptors (Lipinski definition) is 3. The van der Waals surface area contributed by atoms with Crippen LogP contribution in [0.25, 0.3) is 21.9 Å². The van der Waals surface area contributed by atoms with Crippen molar-refractivity contribution in [3.63, 3.8) is 0 Å². The largest absolute Gasteiger partial charge is 0.461 e. The Hall–Kier alpha value is -2.59. The van der Waals surface area contributed by atoms with Crippen LogP contribution in [0.15, 0.2) is 56.1 Å². The number of nitrogens with zero attached hydrogens (tertiary/aromatic N) is 1. The van der Waals surface area contributed by atoms with Crippen molar-refractivity contribution in [1.82, 2.24) is 0 Å². The van der Waals surface area contributed by atoms with E-state index in [1.54, 1.807) is 6.07 Å². The highest BCUT2D eigenvalue weighted by Gasteiger charge is 2.26. The fourth-order valence-corrected chi connectivity index (χ4v) is 4.06. The average molecular weight is 350 g/mol. The van der Waals surface area contributed by atoms with Gasteiger partial charge in [0.2, 0.25) is 0 Å². The van der Waals surface area contributed by atoms with Crippen LogP contribution in [-0.2, 0) is 6.54 Å². The fraction of sp³-hybridized carbons (Fsp3) is 0.318. The highest BCUT2D eigenvalue weighted by molar-refractivity contribution is 5.99. The summed E-state index contributed by atoms with van der Waals surface area (Å²) in [5.74, 6) is 1.41. The van der Waals surface area contributed by atoms with Crippen LogP contribution in [0.4, 0.5) is 0 Å². The molecule has 3 aromatic rings. The van der Waals surface area contributed by atoms with Crippen LogP contribution >= 0.6 is 0 Å². The molecule has 0 N–H and O–H groups in total. The molecule has 1 aliphatic rings. The smallest absolute Gasteiger partial charge is 0.336 e. The first-order chi connectivity index (χ1) is 12.3. The number of hydrogen-bond donors (Lipinski definition) is 0. The molecule has 1 aromatic carbocycles. The van der Waals surface area contributed by atoms with E-state index in [4.69, 9.17) is 8.83 Å². The molecule has 2 heterocycles. The number of aryl methyl sites for hydroxylation is 2. The maximum atomic E-state index is 11.7. The number of quaternary nitrogens is 1. The van der Waals surface area contributed by atoms with Crippen molar-refractivity contribution in [3.8, 4) is 0 Å². The van der Waals surface area contributed by atoms with E-state index in [1.165, 1.54) is 11.6 Å². The third kappa shape index (κ3) is 2.90. The number of benzene rings is 1. The fourth-order valence-electron chi connectivity index (χ4n) is 4.06. The monoisotopic (exact) mass is 350 g/mol. The van der Waals surface area contributed by atoms with Gasteiger partial charge in [0.15, 0.2) is 0 Å². The van der Waals surface area contributed by atoms with Crippen LogP contribution in [0.2, 0.25) is 0 Å². The Kier molecular flexibility index (Phi) is 3.88. The second-order valence-electron chi connectivity index (χ2n) is 7.89. The standard InChI is InChI=1S/C22H24NO3/c1-14-21-18(13-23(3,4)12-16-7-5-6-8-16)15(2)25-19(21)11-17-9-10-20(24)26-22(14)17/h5-11,16H,12-13H2,1-4H3/q+1. The summed E-state index contributed by atoms with van der Waals surface area (Å²) in [6, 6.07) is 5.22. The van der Waals surface area contributed by atoms with Gasteiger partial charge in [-0.05, 0) is 26.0 Å². The minimum absolute atomic E-state index is 0.322.